The molecule has 0 aliphatic rings. The summed E-state index contributed by atoms with van der Waals surface area (Å²) in [6.07, 6.45) is 1.86. The van der Waals surface area contributed by atoms with E-state index in [1.165, 1.54) is 0 Å². The molecule has 0 bridgehead atoms. The van der Waals surface area contributed by atoms with Crippen LogP contribution in [0.2, 0.25) is 0 Å². The first-order valence-electron chi connectivity index (χ1n) is 9.84. The lowest BCUT2D eigenvalue weighted by atomic mass is 9.88. The third-order valence-corrected chi connectivity index (χ3v) is 5.37. The second-order valence-electron chi connectivity index (χ2n) is 7.09. The molecule has 1 aromatic heterocycles. The van der Waals surface area contributed by atoms with Gasteiger partial charge in [-0.15, -0.1) is 0 Å². The number of aliphatic imine (C=N–C) groups is 2. The molecule has 30 heavy (non-hydrogen) atoms. The third-order valence-electron chi connectivity index (χ3n) is 5.37. The Balaban J connectivity index is 2.08. The van der Waals surface area contributed by atoms with E-state index in [0.717, 1.165) is 55.4 Å². The number of benzene rings is 4. The first kappa shape index (κ1) is 18.1. The Morgan fingerprint density at radius 3 is 2.00 bits per heavy atom. The van der Waals surface area contributed by atoms with Gasteiger partial charge in [0, 0.05) is 40.7 Å². The van der Waals surface area contributed by atoms with Gasteiger partial charge in [0.1, 0.15) is 11.2 Å². The summed E-state index contributed by atoms with van der Waals surface area (Å²) in [5, 5.41) is 2.09. The van der Waals surface area contributed by atoms with Crippen molar-refractivity contribution < 1.29 is 4.42 Å². The lowest BCUT2D eigenvalue weighted by molar-refractivity contribution is 0.668. The first-order chi connectivity index (χ1) is 14.8. The summed E-state index contributed by atoms with van der Waals surface area (Å²) in [4.78, 5) is 8.89. The molecule has 3 nitrogen and oxygen atoms in total. The fraction of sp³-hybridized carbons (Fsp3) is 0.0370. The molecule has 1 heterocycles. The number of hydrogen-bond donors (Lipinski definition) is 0. The van der Waals surface area contributed by atoms with Crippen molar-refractivity contribution >= 4 is 40.6 Å². The van der Waals surface area contributed by atoms with Crippen LogP contribution in [0.25, 0.3) is 44.2 Å². The van der Waals surface area contributed by atoms with Crippen LogP contribution in [0.4, 0.5) is 5.69 Å². The normalized spacial score (nSPS) is 11.5. The Bertz CT molecular complexity index is 1400. The van der Waals surface area contributed by atoms with Gasteiger partial charge < -0.3 is 4.42 Å². The second kappa shape index (κ2) is 7.45. The van der Waals surface area contributed by atoms with E-state index in [0.29, 0.717) is 0 Å². The van der Waals surface area contributed by atoms with E-state index in [9.17, 15) is 0 Å². The zero-order chi connectivity index (χ0) is 20.5. The smallest absolute Gasteiger partial charge is 0.145 e. The molecular formula is C27H20N2O. The monoisotopic (exact) mass is 388 g/mol. The van der Waals surface area contributed by atoms with Crippen molar-refractivity contribution in [2.75, 3.05) is 7.05 Å². The van der Waals surface area contributed by atoms with Crippen LogP contribution in [0.3, 0.4) is 0 Å². The minimum absolute atomic E-state index is 0.812. The number of nitrogens with zero attached hydrogens (tertiary/aromatic N) is 2. The topological polar surface area (TPSA) is 37.9 Å². The lowest BCUT2D eigenvalue weighted by Crippen LogP contribution is -1.94. The van der Waals surface area contributed by atoms with Crippen LogP contribution in [0, 0.1) is 0 Å². The summed E-state index contributed by atoms with van der Waals surface area (Å²) in [5.74, 6) is 0. The van der Waals surface area contributed by atoms with Gasteiger partial charge in [-0.1, -0.05) is 78.9 Å². The molecule has 3 heteroatoms. The zero-order valence-corrected chi connectivity index (χ0v) is 16.7. The molecule has 0 fully saturated rings. The van der Waals surface area contributed by atoms with Gasteiger partial charge in [-0.3, -0.25) is 9.98 Å². The highest BCUT2D eigenvalue weighted by atomic mass is 16.3. The lowest BCUT2D eigenvalue weighted by Gasteiger charge is -2.16. The molecule has 0 radical (unpaired) electrons. The minimum atomic E-state index is 0.812. The fourth-order valence-corrected chi connectivity index (χ4v) is 4.16. The first-order valence-corrected chi connectivity index (χ1v) is 9.84. The molecule has 0 aliphatic heterocycles. The van der Waals surface area contributed by atoms with Crippen molar-refractivity contribution in [3.8, 4) is 22.3 Å². The van der Waals surface area contributed by atoms with Gasteiger partial charge in [0.2, 0.25) is 0 Å². The highest BCUT2D eigenvalue weighted by molar-refractivity contribution is 6.23. The molecule has 5 aromatic rings. The maximum Gasteiger partial charge on any atom is 0.145 e. The van der Waals surface area contributed by atoms with Crippen LogP contribution < -0.4 is 0 Å². The Morgan fingerprint density at radius 2 is 1.37 bits per heavy atom. The van der Waals surface area contributed by atoms with E-state index in [-0.39, 0.29) is 0 Å². The van der Waals surface area contributed by atoms with Gasteiger partial charge in [0.15, 0.2) is 0 Å². The highest BCUT2D eigenvalue weighted by Gasteiger charge is 2.24. The van der Waals surface area contributed by atoms with Crippen molar-refractivity contribution in [2.24, 2.45) is 9.98 Å². The predicted molar refractivity (Wildman–Crippen MR) is 127 cm³/mol. The van der Waals surface area contributed by atoms with Crippen molar-refractivity contribution in [3.63, 3.8) is 0 Å². The molecular weight excluding hydrogens is 368 g/mol. The molecule has 0 amide bonds. The fourth-order valence-electron chi connectivity index (χ4n) is 4.16. The molecule has 144 valence electrons. The van der Waals surface area contributed by atoms with Gasteiger partial charge >= 0.3 is 0 Å². The molecule has 5 rings (SSSR count). The molecule has 0 atom stereocenters. The summed E-state index contributed by atoms with van der Waals surface area (Å²) in [6.45, 7) is 3.95. The average Bonchev–Trinajstić information content (AvgIpc) is 3.19. The molecule has 0 saturated heterocycles. The predicted octanol–water partition coefficient (Wildman–Crippen LogP) is 7.30. The van der Waals surface area contributed by atoms with Crippen LogP contribution in [0.15, 0.2) is 99.3 Å². The van der Waals surface area contributed by atoms with Crippen LogP contribution in [0.5, 0.6) is 0 Å². The van der Waals surface area contributed by atoms with E-state index in [1.807, 2.05) is 60.8 Å². The Hall–Kier alpha value is -3.98. The van der Waals surface area contributed by atoms with Crippen molar-refractivity contribution in [1.82, 2.24) is 0 Å². The molecule has 0 unspecified atom stereocenters. The van der Waals surface area contributed by atoms with Crippen molar-refractivity contribution in [3.05, 3.63) is 90.5 Å². The average molecular weight is 388 g/mol. The van der Waals surface area contributed by atoms with E-state index < -0.39 is 0 Å². The van der Waals surface area contributed by atoms with Gasteiger partial charge in [-0.05, 0) is 23.9 Å². The Labute approximate surface area is 175 Å². The number of rotatable bonds is 4. The van der Waals surface area contributed by atoms with E-state index >= 15 is 0 Å². The van der Waals surface area contributed by atoms with Crippen molar-refractivity contribution in [1.29, 1.82) is 0 Å². The molecule has 0 saturated carbocycles. The summed E-state index contributed by atoms with van der Waals surface area (Å²) in [6, 6.07) is 28.7. The number of para-hydroxylation sites is 1. The second-order valence-corrected chi connectivity index (χ2v) is 7.09. The zero-order valence-electron chi connectivity index (χ0n) is 16.7. The number of hydrogen-bond acceptors (Lipinski definition) is 3. The van der Waals surface area contributed by atoms with E-state index in [4.69, 9.17) is 4.42 Å². The van der Waals surface area contributed by atoms with E-state index in [1.54, 1.807) is 7.05 Å². The van der Waals surface area contributed by atoms with Gasteiger partial charge in [0.25, 0.3) is 0 Å². The van der Waals surface area contributed by atoms with Gasteiger partial charge in [-0.25, -0.2) is 0 Å². The molecule has 4 aromatic carbocycles. The largest absolute Gasteiger partial charge is 0.455 e. The maximum atomic E-state index is 6.41. The number of fused-ring (bicyclic) bond motifs is 3. The quantitative estimate of drug-likeness (QED) is 0.298. The third kappa shape index (κ3) is 2.75. The number of furan rings is 1. The Kier molecular flexibility index (Phi) is 4.49. The molecule has 0 aliphatic carbocycles. The molecule has 0 N–H and O–H groups in total. The summed E-state index contributed by atoms with van der Waals surface area (Å²) >= 11 is 0. The van der Waals surface area contributed by atoms with Gasteiger partial charge in [-0.2, -0.15) is 0 Å². The summed E-state index contributed by atoms with van der Waals surface area (Å²) in [7, 11) is 1.77. The van der Waals surface area contributed by atoms with Crippen molar-refractivity contribution in [2.45, 2.75) is 0 Å². The SMILES string of the molecule is C=Nc1c(-c2ccccc2)c(/C=N\C)c2oc3ccccc3c2c1-c1ccccc1. The Morgan fingerprint density at radius 1 is 0.767 bits per heavy atom. The van der Waals surface area contributed by atoms with E-state index in [2.05, 4.69) is 47.0 Å². The van der Waals surface area contributed by atoms with Crippen LogP contribution >= 0.6 is 0 Å². The highest BCUT2D eigenvalue weighted by Crippen LogP contribution is 2.49. The van der Waals surface area contributed by atoms with Crippen LogP contribution in [-0.2, 0) is 0 Å². The van der Waals surface area contributed by atoms with Gasteiger partial charge in [0.05, 0.1) is 5.69 Å². The standard InChI is InChI=1S/C27H20N2O/c1-28-17-21-23(18-11-5-3-6-12-18)26(29-2)24(19-13-7-4-8-14-19)25-20-15-9-10-16-22(20)30-27(21)25/h3-17H,2H2,1H3/b28-17-. The minimum Gasteiger partial charge on any atom is -0.455 e. The summed E-state index contributed by atoms with van der Waals surface area (Å²) < 4.78 is 6.41. The summed E-state index contributed by atoms with van der Waals surface area (Å²) in [5.41, 5.74) is 7.53. The maximum absolute atomic E-state index is 6.41. The van der Waals surface area contributed by atoms with Crippen LogP contribution in [-0.4, -0.2) is 20.0 Å². The van der Waals surface area contributed by atoms with Crippen LogP contribution in [0.1, 0.15) is 5.56 Å². The molecule has 0 spiro atoms.